The standard InChI is InChI=1S/C16H33NO/c1-13(12-16(2,3)4)10-15(17-5)11-14-6-8-18-9-7-14/h13-15,17H,6-12H2,1-5H3. The van der Waals surface area contributed by atoms with Crippen LogP contribution in [-0.2, 0) is 4.74 Å². The second-order valence-corrected chi connectivity index (χ2v) is 7.38. The Hall–Kier alpha value is -0.0800. The molecule has 1 aliphatic heterocycles. The second-order valence-electron chi connectivity index (χ2n) is 7.38. The maximum atomic E-state index is 5.44. The summed E-state index contributed by atoms with van der Waals surface area (Å²) in [4.78, 5) is 0. The van der Waals surface area contributed by atoms with Crippen LogP contribution in [0, 0.1) is 17.3 Å². The summed E-state index contributed by atoms with van der Waals surface area (Å²) < 4.78 is 5.44. The van der Waals surface area contributed by atoms with Crippen molar-refractivity contribution in [3.05, 3.63) is 0 Å². The normalized spacial score (nSPS) is 21.8. The molecule has 0 bridgehead atoms. The molecule has 0 aromatic rings. The van der Waals surface area contributed by atoms with Gasteiger partial charge in [-0.3, -0.25) is 0 Å². The summed E-state index contributed by atoms with van der Waals surface area (Å²) in [5, 5.41) is 3.53. The molecule has 1 N–H and O–H groups in total. The molecular formula is C16H33NO. The van der Waals surface area contributed by atoms with Gasteiger partial charge >= 0.3 is 0 Å². The highest BCUT2D eigenvalue weighted by molar-refractivity contribution is 4.76. The maximum absolute atomic E-state index is 5.44. The van der Waals surface area contributed by atoms with Crippen molar-refractivity contribution in [2.45, 2.75) is 65.8 Å². The van der Waals surface area contributed by atoms with Gasteiger partial charge in [0.05, 0.1) is 0 Å². The van der Waals surface area contributed by atoms with Crippen LogP contribution in [-0.4, -0.2) is 26.3 Å². The molecule has 0 saturated carbocycles. The summed E-state index contributed by atoms with van der Waals surface area (Å²) in [6, 6.07) is 0.686. The first-order valence-electron chi connectivity index (χ1n) is 7.65. The van der Waals surface area contributed by atoms with E-state index in [2.05, 4.69) is 40.1 Å². The maximum Gasteiger partial charge on any atom is 0.0468 e. The Bertz CT molecular complexity index is 216. The Morgan fingerprint density at radius 2 is 1.83 bits per heavy atom. The summed E-state index contributed by atoms with van der Waals surface area (Å²) in [6.45, 7) is 11.4. The quantitative estimate of drug-likeness (QED) is 0.778. The molecule has 1 fully saturated rings. The van der Waals surface area contributed by atoms with Gasteiger partial charge in [0.1, 0.15) is 0 Å². The smallest absolute Gasteiger partial charge is 0.0468 e. The van der Waals surface area contributed by atoms with Crippen LogP contribution in [0.25, 0.3) is 0 Å². The highest BCUT2D eigenvalue weighted by atomic mass is 16.5. The molecule has 1 rings (SSSR count). The van der Waals surface area contributed by atoms with E-state index in [1.807, 2.05) is 0 Å². The second kappa shape index (κ2) is 7.49. The average Bonchev–Trinajstić information content (AvgIpc) is 2.27. The monoisotopic (exact) mass is 255 g/mol. The Kier molecular flexibility index (Phi) is 6.65. The molecular weight excluding hydrogens is 222 g/mol. The van der Waals surface area contributed by atoms with E-state index in [9.17, 15) is 0 Å². The van der Waals surface area contributed by atoms with Gasteiger partial charge in [-0.05, 0) is 56.4 Å². The molecule has 2 heteroatoms. The summed E-state index contributed by atoms with van der Waals surface area (Å²) >= 11 is 0. The molecule has 0 aromatic heterocycles. The number of ether oxygens (including phenoxy) is 1. The van der Waals surface area contributed by atoms with Gasteiger partial charge in [-0.1, -0.05) is 27.7 Å². The molecule has 2 nitrogen and oxygen atoms in total. The Balaban J connectivity index is 2.31. The van der Waals surface area contributed by atoms with Crippen LogP contribution in [0.3, 0.4) is 0 Å². The Labute approximate surface area is 114 Å². The van der Waals surface area contributed by atoms with E-state index >= 15 is 0 Å². The predicted molar refractivity (Wildman–Crippen MR) is 78.9 cm³/mol. The molecule has 1 heterocycles. The molecule has 1 saturated heterocycles. The van der Waals surface area contributed by atoms with Crippen molar-refractivity contribution in [1.82, 2.24) is 5.32 Å². The lowest BCUT2D eigenvalue weighted by Gasteiger charge is -2.30. The fourth-order valence-corrected chi connectivity index (χ4v) is 3.33. The van der Waals surface area contributed by atoms with Gasteiger partial charge in [-0.25, -0.2) is 0 Å². The van der Waals surface area contributed by atoms with E-state index in [1.165, 1.54) is 32.1 Å². The van der Waals surface area contributed by atoms with Crippen LogP contribution in [0.1, 0.15) is 59.8 Å². The van der Waals surface area contributed by atoms with Gasteiger partial charge in [0, 0.05) is 19.3 Å². The van der Waals surface area contributed by atoms with Crippen LogP contribution >= 0.6 is 0 Å². The van der Waals surface area contributed by atoms with Gasteiger partial charge in [-0.2, -0.15) is 0 Å². The van der Waals surface area contributed by atoms with Crippen molar-refractivity contribution < 1.29 is 4.74 Å². The van der Waals surface area contributed by atoms with Gasteiger partial charge in [-0.15, -0.1) is 0 Å². The number of nitrogens with one attached hydrogen (secondary N) is 1. The third-order valence-corrected chi connectivity index (χ3v) is 4.01. The summed E-state index contributed by atoms with van der Waals surface area (Å²) in [6.07, 6.45) is 6.47. The average molecular weight is 255 g/mol. The van der Waals surface area contributed by atoms with Crippen LogP contribution in [0.5, 0.6) is 0 Å². The fraction of sp³-hybridized carbons (Fsp3) is 1.00. The molecule has 0 aliphatic carbocycles. The SMILES string of the molecule is CNC(CC(C)CC(C)(C)C)CC1CCOCC1. The van der Waals surface area contributed by atoms with Gasteiger partial charge in [0.15, 0.2) is 0 Å². The fourth-order valence-electron chi connectivity index (χ4n) is 3.33. The summed E-state index contributed by atoms with van der Waals surface area (Å²) in [5.41, 5.74) is 0.455. The van der Waals surface area contributed by atoms with E-state index in [-0.39, 0.29) is 0 Å². The molecule has 0 spiro atoms. The lowest BCUT2D eigenvalue weighted by atomic mass is 9.81. The predicted octanol–water partition coefficient (Wildman–Crippen LogP) is 3.85. The lowest BCUT2D eigenvalue weighted by Crippen LogP contribution is -2.32. The van der Waals surface area contributed by atoms with E-state index in [4.69, 9.17) is 4.74 Å². The van der Waals surface area contributed by atoms with E-state index < -0.39 is 0 Å². The lowest BCUT2D eigenvalue weighted by molar-refractivity contribution is 0.0596. The Morgan fingerprint density at radius 3 is 2.33 bits per heavy atom. The molecule has 0 radical (unpaired) electrons. The first kappa shape index (κ1) is 16.0. The molecule has 108 valence electrons. The minimum Gasteiger partial charge on any atom is -0.381 e. The van der Waals surface area contributed by atoms with Crippen LogP contribution in [0.15, 0.2) is 0 Å². The van der Waals surface area contributed by atoms with Crippen molar-refractivity contribution in [3.8, 4) is 0 Å². The summed E-state index contributed by atoms with van der Waals surface area (Å²) in [7, 11) is 2.12. The van der Waals surface area contributed by atoms with Gasteiger partial charge in [0.25, 0.3) is 0 Å². The van der Waals surface area contributed by atoms with Crippen molar-refractivity contribution in [2.24, 2.45) is 17.3 Å². The van der Waals surface area contributed by atoms with E-state index in [0.29, 0.717) is 11.5 Å². The molecule has 0 aromatic carbocycles. The highest BCUT2D eigenvalue weighted by Gasteiger charge is 2.22. The molecule has 18 heavy (non-hydrogen) atoms. The third-order valence-electron chi connectivity index (χ3n) is 4.01. The third kappa shape index (κ3) is 6.75. The minimum atomic E-state index is 0.455. The molecule has 2 atom stereocenters. The van der Waals surface area contributed by atoms with Gasteiger partial charge < -0.3 is 10.1 Å². The van der Waals surface area contributed by atoms with Crippen LogP contribution < -0.4 is 5.32 Å². The van der Waals surface area contributed by atoms with E-state index in [0.717, 1.165) is 25.0 Å². The first-order valence-corrected chi connectivity index (χ1v) is 7.65. The minimum absolute atomic E-state index is 0.455. The number of hydrogen-bond donors (Lipinski definition) is 1. The van der Waals surface area contributed by atoms with Crippen molar-refractivity contribution in [2.75, 3.05) is 20.3 Å². The molecule has 0 amide bonds. The largest absolute Gasteiger partial charge is 0.381 e. The van der Waals surface area contributed by atoms with Gasteiger partial charge in [0.2, 0.25) is 0 Å². The topological polar surface area (TPSA) is 21.3 Å². The Morgan fingerprint density at radius 1 is 1.22 bits per heavy atom. The zero-order valence-corrected chi connectivity index (χ0v) is 13.1. The van der Waals surface area contributed by atoms with Crippen LogP contribution in [0.4, 0.5) is 0 Å². The molecule has 1 aliphatic rings. The van der Waals surface area contributed by atoms with Crippen molar-refractivity contribution in [3.63, 3.8) is 0 Å². The van der Waals surface area contributed by atoms with E-state index in [1.54, 1.807) is 0 Å². The number of rotatable bonds is 6. The van der Waals surface area contributed by atoms with Crippen molar-refractivity contribution >= 4 is 0 Å². The zero-order chi connectivity index (χ0) is 13.6. The highest BCUT2D eigenvalue weighted by Crippen LogP contribution is 2.29. The van der Waals surface area contributed by atoms with Crippen molar-refractivity contribution in [1.29, 1.82) is 0 Å². The number of hydrogen-bond acceptors (Lipinski definition) is 2. The first-order chi connectivity index (χ1) is 8.40. The van der Waals surface area contributed by atoms with Crippen LogP contribution in [0.2, 0.25) is 0 Å². The summed E-state index contributed by atoms with van der Waals surface area (Å²) in [5.74, 6) is 1.68. The zero-order valence-electron chi connectivity index (χ0n) is 13.1. The molecule has 2 unspecified atom stereocenters.